The summed E-state index contributed by atoms with van der Waals surface area (Å²) in [5.41, 5.74) is 1.45. The van der Waals surface area contributed by atoms with Gasteiger partial charge in [0.2, 0.25) is 0 Å². The summed E-state index contributed by atoms with van der Waals surface area (Å²) in [6.07, 6.45) is 0.274. The Morgan fingerprint density at radius 3 is 2.19 bits per heavy atom. The normalized spacial score (nSPS) is 11.9. The first-order chi connectivity index (χ1) is 10.1. The zero-order chi connectivity index (χ0) is 15.2. The van der Waals surface area contributed by atoms with Gasteiger partial charge in [0.05, 0.1) is 0 Å². The first-order valence-electron chi connectivity index (χ1n) is 6.64. The third-order valence-corrected chi connectivity index (χ3v) is 3.82. The summed E-state index contributed by atoms with van der Waals surface area (Å²) in [6.45, 7) is 0. The Hall–Kier alpha value is -1.94. The average molecular weight is 347 g/mol. The highest BCUT2D eigenvalue weighted by Crippen LogP contribution is 2.26. The van der Waals surface area contributed by atoms with E-state index < -0.39 is 11.9 Å². The molecule has 1 N–H and O–H groups in total. The largest absolute Gasteiger partial charge is 0.481 e. The highest BCUT2D eigenvalue weighted by atomic mass is 79.9. The number of benzene rings is 2. The van der Waals surface area contributed by atoms with E-state index in [0.717, 1.165) is 10.0 Å². The molecule has 0 aromatic heterocycles. The molecule has 0 heterocycles. The van der Waals surface area contributed by atoms with Crippen molar-refractivity contribution in [3.8, 4) is 0 Å². The number of carbonyl (C=O) groups excluding carboxylic acids is 1. The molecule has 1 unspecified atom stereocenters. The quantitative estimate of drug-likeness (QED) is 0.794. The van der Waals surface area contributed by atoms with Crippen molar-refractivity contribution in [2.75, 3.05) is 0 Å². The Morgan fingerprint density at radius 2 is 1.62 bits per heavy atom. The van der Waals surface area contributed by atoms with Crippen molar-refractivity contribution in [3.05, 3.63) is 70.2 Å². The first-order valence-corrected chi connectivity index (χ1v) is 7.44. The number of rotatable bonds is 6. The van der Waals surface area contributed by atoms with E-state index in [0.29, 0.717) is 12.0 Å². The lowest BCUT2D eigenvalue weighted by molar-refractivity contribution is -0.137. The summed E-state index contributed by atoms with van der Waals surface area (Å²) < 4.78 is 0.904. The van der Waals surface area contributed by atoms with Crippen LogP contribution in [0.4, 0.5) is 0 Å². The van der Waals surface area contributed by atoms with Crippen LogP contribution in [0.25, 0.3) is 0 Å². The van der Waals surface area contributed by atoms with Crippen molar-refractivity contribution in [1.29, 1.82) is 0 Å². The molecule has 108 valence electrons. The van der Waals surface area contributed by atoms with Crippen LogP contribution in [-0.2, 0) is 4.79 Å². The molecule has 0 spiro atoms. The highest BCUT2D eigenvalue weighted by Gasteiger charge is 2.22. The smallest absolute Gasteiger partial charge is 0.303 e. The fourth-order valence-electron chi connectivity index (χ4n) is 2.22. The summed E-state index contributed by atoms with van der Waals surface area (Å²) in [6, 6.07) is 16.5. The van der Waals surface area contributed by atoms with Crippen LogP contribution >= 0.6 is 15.9 Å². The number of hydrogen-bond donors (Lipinski definition) is 1. The third-order valence-electron chi connectivity index (χ3n) is 3.29. The fourth-order valence-corrected chi connectivity index (χ4v) is 2.48. The molecule has 2 rings (SSSR count). The zero-order valence-electron chi connectivity index (χ0n) is 11.3. The lowest BCUT2D eigenvalue weighted by Crippen LogP contribution is -2.14. The molecule has 0 amide bonds. The molecule has 4 heteroatoms. The van der Waals surface area contributed by atoms with E-state index in [1.807, 2.05) is 42.5 Å². The maximum absolute atomic E-state index is 12.7. The van der Waals surface area contributed by atoms with Gasteiger partial charge in [0, 0.05) is 22.4 Å². The summed E-state index contributed by atoms with van der Waals surface area (Å²) in [7, 11) is 0. The van der Waals surface area contributed by atoms with E-state index in [2.05, 4.69) is 15.9 Å². The van der Waals surface area contributed by atoms with Gasteiger partial charge in [0.15, 0.2) is 5.78 Å². The van der Waals surface area contributed by atoms with Crippen LogP contribution in [0.2, 0.25) is 0 Å². The Labute approximate surface area is 131 Å². The Morgan fingerprint density at radius 1 is 1.00 bits per heavy atom. The summed E-state index contributed by atoms with van der Waals surface area (Å²) >= 11 is 3.34. The summed E-state index contributed by atoms with van der Waals surface area (Å²) in [5.74, 6) is -1.36. The molecule has 0 saturated heterocycles. The fraction of sp³-hybridized carbons (Fsp3) is 0.176. The number of ketones is 1. The van der Waals surface area contributed by atoms with Crippen LogP contribution in [0, 0.1) is 0 Å². The van der Waals surface area contributed by atoms with Gasteiger partial charge in [-0.2, -0.15) is 0 Å². The second kappa shape index (κ2) is 7.18. The van der Waals surface area contributed by atoms with E-state index in [4.69, 9.17) is 5.11 Å². The van der Waals surface area contributed by atoms with Gasteiger partial charge in [-0.3, -0.25) is 9.59 Å². The molecular weight excluding hydrogens is 332 g/mol. The van der Waals surface area contributed by atoms with E-state index in [-0.39, 0.29) is 12.2 Å². The van der Waals surface area contributed by atoms with E-state index in [1.165, 1.54) is 0 Å². The molecule has 0 radical (unpaired) electrons. The molecule has 0 aliphatic carbocycles. The molecule has 21 heavy (non-hydrogen) atoms. The Balaban J connectivity index is 2.28. The number of aliphatic carboxylic acids is 1. The number of halogens is 1. The minimum Gasteiger partial charge on any atom is -0.481 e. The molecule has 3 nitrogen and oxygen atoms in total. The Bertz CT molecular complexity index is 620. The molecule has 0 aliphatic rings. The summed E-state index contributed by atoms with van der Waals surface area (Å²) in [4.78, 5) is 23.5. The minimum absolute atomic E-state index is 0.0260. The topological polar surface area (TPSA) is 54.4 Å². The first kappa shape index (κ1) is 15.4. The lowest BCUT2D eigenvalue weighted by atomic mass is 9.87. The molecular formula is C17H15BrO3. The van der Waals surface area contributed by atoms with Crippen molar-refractivity contribution in [2.24, 2.45) is 0 Å². The maximum Gasteiger partial charge on any atom is 0.303 e. The van der Waals surface area contributed by atoms with Crippen LogP contribution in [0.1, 0.15) is 34.7 Å². The predicted molar refractivity (Wildman–Crippen MR) is 84.5 cm³/mol. The molecule has 0 fully saturated rings. The predicted octanol–water partition coefficient (Wildman–Crippen LogP) is 4.28. The van der Waals surface area contributed by atoms with Gasteiger partial charge in [-0.05, 0) is 24.1 Å². The standard InChI is InChI=1S/C17H15BrO3/c18-14-8-6-13(7-9-14)17(21)15(10-11-16(19)20)12-4-2-1-3-5-12/h1-9,15H,10-11H2,(H,19,20). The number of Topliss-reactive ketones (excluding diaryl/α,β-unsaturated/α-hetero) is 1. The van der Waals surface area contributed by atoms with Crippen LogP contribution in [0.15, 0.2) is 59.1 Å². The number of carboxylic acids is 1. The third kappa shape index (κ3) is 4.26. The van der Waals surface area contributed by atoms with Crippen molar-refractivity contribution in [3.63, 3.8) is 0 Å². The lowest BCUT2D eigenvalue weighted by Gasteiger charge is -2.15. The van der Waals surface area contributed by atoms with E-state index in [9.17, 15) is 9.59 Å². The SMILES string of the molecule is O=C(O)CCC(C(=O)c1ccc(Br)cc1)c1ccccc1. The molecule has 2 aromatic rings. The van der Waals surface area contributed by atoms with Gasteiger partial charge in [0.25, 0.3) is 0 Å². The Kier molecular flexibility index (Phi) is 5.28. The zero-order valence-corrected chi connectivity index (χ0v) is 12.9. The van der Waals surface area contributed by atoms with E-state index in [1.54, 1.807) is 12.1 Å². The van der Waals surface area contributed by atoms with Gasteiger partial charge < -0.3 is 5.11 Å². The maximum atomic E-state index is 12.7. The monoisotopic (exact) mass is 346 g/mol. The van der Waals surface area contributed by atoms with Crippen molar-refractivity contribution < 1.29 is 14.7 Å². The van der Waals surface area contributed by atoms with E-state index >= 15 is 0 Å². The minimum atomic E-state index is -0.889. The van der Waals surface area contributed by atoms with Gasteiger partial charge in [-0.1, -0.05) is 58.4 Å². The van der Waals surface area contributed by atoms with Crippen molar-refractivity contribution >= 4 is 27.7 Å². The molecule has 1 atom stereocenters. The van der Waals surface area contributed by atoms with Crippen LogP contribution in [0.5, 0.6) is 0 Å². The number of hydrogen-bond acceptors (Lipinski definition) is 2. The second-order valence-electron chi connectivity index (χ2n) is 4.77. The average Bonchev–Trinajstić information content (AvgIpc) is 2.49. The molecule has 0 saturated carbocycles. The number of carbonyl (C=O) groups is 2. The molecule has 2 aromatic carbocycles. The van der Waals surface area contributed by atoms with Crippen LogP contribution < -0.4 is 0 Å². The highest BCUT2D eigenvalue weighted by molar-refractivity contribution is 9.10. The van der Waals surface area contributed by atoms with Gasteiger partial charge in [0.1, 0.15) is 0 Å². The van der Waals surface area contributed by atoms with Gasteiger partial charge in [-0.25, -0.2) is 0 Å². The molecule has 0 bridgehead atoms. The second-order valence-corrected chi connectivity index (χ2v) is 5.68. The van der Waals surface area contributed by atoms with Crippen molar-refractivity contribution in [1.82, 2.24) is 0 Å². The van der Waals surface area contributed by atoms with Crippen LogP contribution in [0.3, 0.4) is 0 Å². The van der Waals surface area contributed by atoms with Gasteiger partial charge >= 0.3 is 5.97 Å². The van der Waals surface area contributed by atoms with Crippen molar-refractivity contribution in [2.45, 2.75) is 18.8 Å². The number of carboxylic acid groups (broad SMARTS) is 1. The van der Waals surface area contributed by atoms with Gasteiger partial charge in [-0.15, -0.1) is 0 Å². The van der Waals surface area contributed by atoms with Crippen LogP contribution in [-0.4, -0.2) is 16.9 Å². The molecule has 0 aliphatic heterocycles. The summed E-state index contributed by atoms with van der Waals surface area (Å²) in [5, 5.41) is 8.88.